The average molecular weight is 282 g/mol. The lowest BCUT2D eigenvalue weighted by molar-refractivity contribution is 0.0339. The van der Waals surface area contributed by atoms with Gasteiger partial charge in [-0.2, -0.15) is 0 Å². The molecular weight excluding hydrogens is 260 g/mol. The summed E-state index contributed by atoms with van der Waals surface area (Å²) in [5.41, 5.74) is 1.70. The fourth-order valence-electron chi connectivity index (χ4n) is 2.67. The highest BCUT2D eigenvalue weighted by Crippen LogP contribution is 2.36. The van der Waals surface area contributed by atoms with Gasteiger partial charge in [0.15, 0.2) is 0 Å². The van der Waals surface area contributed by atoms with Crippen LogP contribution in [0.25, 0.3) is 0 Å². The molecule has 0 aliphatic rings. The van der Waals surface area contributed by atoms with E-state index in [9.17, 15) is 10.2 Å². The minimum absolute atomic E-state index is 0.139. The number of aliphatic hydroxyl groups is 2. The fraction of sp³-hybridized carbons (Fsp3) is 0.263. The van der Waals surface area contributed by atoms with Crippen molar-refractivity contribution in [1.29, 1.82) is 0 Å². The second-order valence-electron chi connectivity index (χ2n) is 5.38. The first kappa shape index (κ1) is 15.5. The Morgan fingerprint density at radius 3 is 1.67 bits per heavy atom. The average Bonchev–Trinajstić information content (AvgIpc) is 2.56. The van der Waals surface area contributed by atoms with Crippen LogP contribution in [0.2, 0.25) is 0 Å². The van der Waals surface area contributed by atoms with Gasteiger partial charge >= 0.3 is 0 Å². The SMILES string of the molecule is C=CC(C(O)c1ccccc1)C(C)C(O)c1ccccc1. The number of hydrogen-bond donors (Lipinski definition) is 2. The van der Waals surface area contributed by atoms with Crippen molar-refractivity contribution in [1.82, 2.24) is 0 Å². The van der Waals surface area contributed by atoms with Crippen LogP contribution in [0.5, 0.6) is 0 Å². The zero-order valence-corrected chi connectivity index (χ0v) is 12.3. The number of hydrogen-bond acceptors (Lipinski definition) is 2. The largest absolute Gasteiger partial charge is 0.388 e. The third kappa shape index (κ3) is 3.60. The smallest absolute Gasteiger partial charge is 0.0856 e. The third-order valence-electron chi connectivity index (χ3n) is 4.02. The molecule has 2 heteroatoms. The van der Waals surface area contributed by atoms with E-state index in [2.05, 4.69) is 6.58 Å². The molecule has 0 bridgehead atoms. The maximum Gasteiger partial charge on any atom is 0.0856 e. The molecule has 0 spiro atoms. The Kier molecular flexibility index (Phi) is 5.32. The molecule has 0 heterocycles. The first-order chi connectivity index (χ1) is 10.1. The number of aliphatic hydroxyl groups excluding tert-OH is 2. The van der Waals surface area contributed by atoms with Crippen molar-refractivity contribution in [3.63, 3.8) is 0 Å². The second kappa shape index (κ2) is 7.21. The van der Waals surface area contributed by atoms with Gasteiger partial charge in [0.05, 0.1) is 12.2 Å². The highest BCUT2D eigenvalue weighted by atomic mass is 16.3. The Morgan fingerprint density at radius 2 is 1.24 bits per heavy atom. The van der Waals surface area contributed by atoms with Gasteiger partial charge in [0, 0.05) is 5.92 Å². The Morgan fingerprint density at radius 1 is 0.810 bits per heavy atom. The van der Waals surface area contributed by atoms with Gasteiger partial charge in [0.1, 0.15) is 0 Å². The molecular formula is C19H22O2. The molecule has 2 aromatic carbocycles. The van der Waals surface area contributed by atoms with Crippen LogP contribution in [-0.2, 0) is 0 Å². The summed E-state index contributed by atoms with van der Waals surface area (Å²) in [5.74, 6) is -0.359. The van der Waals surface area contributed by atoms with E-state index in [0.717, 1.165) is 11.1 Å². The van der Waals surface area contributed by atoms with Crippen LogP contribution in [0.4, 0.5) is 0 Å². The minimum Gasteiger partial charge on any atom is -0.388 e. The summed E-state index contributed by atoms with van der Waals surface area (Å²) in [4.78, 5) is 0. The summed E-state index contributed by atoms with van der Waals surface area (Å²) >= 11 is 0. The fourth-order valence-corrected chi connectivity index (χ4v) is 2.67. The van der Waals surface area contributed by atoms with Crippen molar-refractivity contribution in [2.24, 2.45) is 11.8 Å². The van der Waals surface area contributed by atoms with E-state index in [1.807, 2.05) is 67.6 Å². The molecule has 110 valence electrons. The van der Waals surface area contributed by atoms with Crippen molar-refractivity contribution in [2.45, 2.75) is 19.1 Å². The van der Waals surface area contributed by atoms with Crippen molar-refractivity contribution in [3.05, 3.63) is 84.4 Å². The van der Waals surface area contributed by atoms with Gasteiger partial charge in [-0.15, -0.1) is 6.58 Å². The molecule has 0 amide bonds. The van der Waals surface area contributed by atoms with Crippen LogP contribution < -0.4 is 0 Å². The van der Waals surface area contributed by atoms with E-state index in [4.69, 9.17) is 0 Å². The van der Waals surface area contributed by atoms with Gasteiger partial charge in [-0.1, -0.05) is 73.7 Å². The van der Waals surface area contributed by atoms with E-state index < -0.39 is 12.2 Å². The highest BCUT2D eigenvalue weighted by Gasteiger charge is 2.29. The van der Waals surface area contributed by atoms with E-state index in [1.54, 1.807) is 6.08 Å². The lowest BCUT2D eigenvalue weighted by atomic mass is 9.80. The number of rotatable bonds is 6. The van der Waals surface area contributed by atoms with E-state index >= 15 is 0 Å². The summed E-state index contributed by atoms with van der Waals surface area (Å²) in [6.45, 7) is 5.77. The molecule has 0 fully saturated rings. The molecule has 2 aromatic rings. The molecule has 21 heavy (non-hydrogen) atoms. The Labute approximate surface area is 126 Å². The standard InChI is InChI=1S/C19H22O2/c1-3-17(19(21)16-12-8-5-9-13-16)14(2)18(20)15-10-6-4-7-11-15/h3-14,17-21H,1H2,2H3. The van der Waals surface area contributed by atoms with Crippen LogP contribution in [0.3, 0.4) is 0 Å². The third-order valence-corrected chi connectivity index (χ3v) is 4.02. The molecule has 0 radical (unpaired) electrons. The molecule has 0 saturated heterocycles. The molecule has 0 aliphatic carbocycles. The number of benzene rings is 2. The van der Waals surface area contributed by atoms with Crippen molar-refractivity contribution in [3.8, 4) is 0 Å². The molecule has 0 aromatic heterocycles. The van der Waals surface area contributed by atoms with Gasteiger partial charge < -0.3 is 10.2 Å². The van der Waals surface area contributed by atoms with Gasteiger partial charge in [0.25, 0.3) is 0 Å². The topological polar surface area (TPSA) is 40.5 Å². The molecule has 2 rings (SSSR count). The van der Waals surface area contributed by atoms with Gasteiger partial charge in [-0.05, 0) is 17.0 Å². The normalized spacial score (nSPS) is 16.7. The minimum atomic E-state index is -0.669. The zero-order chi connectivity index (χ0) is 15.2. The van der Waals surface area contributed by atoms with Crippen LogP contribution in [0.15, 0.2) is 73.3 Å². The summed E-state index contributed by atoms with van der Waals surface area (Å²) in [7, 11) is 0. The lowest BCUT2D eigenvalue weighted by Crippen LogP contribution is -2.23. The molecule has 0 saturated carbocycles. The Balaban J connectivity index is 2.19. The van der Waals surface area contributed by atoms with Crippen molar-refractivity contribution in [2.75, 3.05) is 0 Å². The quantitative estimate of drug-likeness (QED) is 0.789. The lowest BCUT2D eigenvalue weighted by Gasteiger charge is -2.30. The van der Waals surface area contributed by atoms with Crippen LogP contribution in [0, 0.1) is 11.8 Å². The summed E-state index contributed by atoms with van der Waals surface area (Å²) in [6.07, 6.45) is 0.429. The van der Waals surface area contributed by atoms with Gasteiger partial charge in [-0.25, -0.2) is 0 Å². The van der Waals surface area contributed by atoms with Crippen molar-refractivity contribution < 1.29 is 10.2 Å². The van der Waals surface area contributed by atoms with Crippen LogP contribution in [-0.4, -0.2) is 10.2 Å². The Bertz CT molecular complexity index is 550. The first-order valence-electron chi connectivity index (χ1n) is 7.23. The van der Waals surface area contributed by atoms with E-state index in [-0.39, 0.29) is 11.8 Å². The van der Waals surface area contributed by atoms with Crippen LogP contribution in [0.1, 0.15) is 30.3 Å². The Hall–Kier alpha value is -1.90. The molecule has 4 unspecified atom stereocenters. The monoisotopic (exact) mass is 282 g/mol. The predicted octanol–water partition coefficient (Wildman–Crippen LogP) is 3.89. The van der Waals surface area contributed by atoms with E-state index in [0.29, 0.717) is 0 Å². The second-order valence-corrected chi connectivity index (χ2v) is 5.38. The molecule has 0 aliphatic heterocycles. The summed E-state index contributed by atoms with van der Waals surface area (Å²) in [6, 6.07) is 19.0. The molecule has 2 N–H and O–H groups in total. The maximum atomic E-state index is 10.6. The predicted molar refractivity (Wildman–Crippen MR) is 85.7 cm³/mol. The van der Waals surface area contributed by atoms with Crippen LogP contribution >= 0.6 is 0 Å². The van der Waals surface area contributed by atoms with Crippen molar-refractivity contribution >= 4 is 0 Å². The summed E-state index contributed by atoms with van der Waals surface area (Å²) < 4.78 is 0. The highest BCUT2D eigenvalue weighted by molar-refractivity contribution is 5.22. The molecule has 4 atom stereocenters. The maximum absolute atomic E-state index is 10.6. The van der Waals surface area contributed by atoms with Gasteiger partial charge in [0.2, 0.25) is 0 Å². The first-order valence-corrected chi connectivity index (χ1v) is 7.23. The van der Waals surface area contributed by atoms with Gasteiger partial charge in [-0.3, -0.25) is 0 Å². The zero-order valence-electron chi connectivity index (χ0n) is 12.3. The summed E-state index contributed by atoms with van der Waals surface area (Å²) in [5, 5.41) is 21.1. The van der Waals surface area contributed by atoms with E-state index in [1.165, 1.54) is 0 Å². The molecule has 2 nitrogen and oxygen atoms in total.